The van der Waals surface area contributed by atoms with Crippen molar-refractivity contribution in [1.29, 1.82) is 0 Å². The summed E-state index contributed by atoms with van der Waals surface area (Å²) in [6.45, 7) is 2.10. The van der Waals surface area contributed by atoms with Crippen LogP contribution in [-0.4, -0.2) is 27.9 Å². The van der Waals surface area contributed by atoms with E-state index in [1.165, 1.54) is 23.9 Å². The van der Waals surface area contributed by atoms with Gasteiger partial charge in [0.1, 0.15) is 11.6 Å². The molecule has 35 heavy (non-hydrogen) atoms. The van der Waals surface area contributed by atoms with Crippen LogP contribution in [-0.2, 0) is 12.3 Å². The van der Waals surface area contributed by atoms with Gasteiger partial charge >= 0.3 is 6.03 Å². The van der Waals surface area contributed by atoms with Gasteiger partial charge in [-0.05, 0) is 66.6 Å². The van der Waals surface area contributed by atoms with Crippen LogP contribution >= 0.6 is 23.4 Å². The third-order valence-corrected chi connectivity index (χ3v) is 6.38. The van der Waals surface area contributed by atoms with Crippen molar-refractivity contribution < 1.29 is 13.9 Å². The van der Waals surface area contributed by atoms with Crippen molar-refractivity contribution in [3.05, 3.63) is 94.5 Å². The van der Waals surface area contributed by atoms with E-state index >= 15 is 0 Å². The zero-order chi connectivity index (χ0) is 24.8. The average molecular weight is 512 g/mol. The molecule has 180 valence electrons. The number of hydrogen-bond acceptors (Lipinski definition) is 5. The van der Waals surface area contributed by atoms with Crippen molar-refractivity contribution in [1.82, 2.24) is 20.1 Å². The molecule has 0 spiro atoms. The van der Waals surface area contributed by atoms with Gasteiger partial charge in [0.2, 0.25) is 0 Å². The Hall–Kier alpha value is -3.56. The largest absolute Gasteiger partial charge is 0.497 e. The number of benzene rings is 3. The van der Waals surface area contributed by atoms with E-state index in [0.29, 0.717) is 33.2 Å². The molecule has 0 aliphatic heterocycles. The summed E-state index contributed by atoms with van der Waals surface area (Å²) in [5.41, 5.74) is 3.37. The van der Waals surface area contributed by atoms with E-state index < -0.39 is 0 Å². The number of urea groups is 1. The number of nitrogens with zero attached hydrogens (tertiary/aromatic N) is 3. The maximum atomic E-state index is 13.3. The van der Waals surface area contributed by atoms with Crippen LogP contribution in [0.15, 0.2) is 71.9 Å². The van der Waals surface area contributed by atoms with Crippen LogP contribution in [0.25, 0.3) is 5.69 Å². The molecule has 7 nitrogen and oxygen atoms in total. The topological polar surface area (TPSA) is 81.1 Å². The molecule has 0 fully saturated rings. The second kappa shape index (κ2) is 11.2. The molecule has 0 saturated carbocycles. The first-order valence-electron chi connectivity index (χ1n) is 10.7. The number of methoxy groups -OCH3 is 1. The van der Waals surface area contributed by atoms with E-state index in [1.807, 2.05) is 29.7 Å². The van der Waals surface area contributed by atoms with Gasteiger partial charge in [0.25, 0.3) is 0 Å². The third-order valence-electron chi connectivity index (χ3n) is 5.15. The minimum Gasteiger partial charge on any atom is -0.497 e. The molecule has 4 rings (SSSR count). The minimum absolute atomic E-state index is 0.137. The van der Waals surface area contributed by atoms with Crippen LogP contribution in [0, 0.1) is 12.7 Å². The Morgan fingerprint density at radius 1 is 1.09 bits per heavy atom. The molecule has 0 aliphatic rings. The van der Waals surface area contributed by atoms with Crippen molar-refractivity contribution in [3.63, 3.8) is 0 Å². The zero-order valence-corrected chi connectivity index (χ0v) is 20.7. The minimum atomic E-state index is -0.381. The normalized spacial score (nSPS) is 10.7. The molecule has 0 unspecified atom stereocenters. The highest BCUT2D eigenvalue weighted by Gasteiger charge is 2.17. The van der Waals surface area contributed by atoms with Gasteiger partial charge in [-0.15, -0.1) is 10.2 Å². The maximum absolute atomic E-state index is 13.3. The highest BCUT2D eigenvalue weighted by molar-refractivity contribution is 7.98. The van der Waals surface area contributed by atoms with Crippen LogP contribution in [0.1, 0.15) is 17.0 Å². The van der Waals surface area contributed by atoms with Crippen LogP contribution in [0.5, 0.6) is 5.75 Å². The highest BCUT2D eigenvalue weighted by atomic mass is 35.5. The van der Waals surface area contributed by atoms with Gasteiger partial charge in [-0.1, -0.05) is 41.6 Å². The summed E-state index contributed by atoms with van der Waals surface area (Å²) < 4.78 is 20.3. The van der Waals surface area contributed by atoms with E-state index in [9.17, 15) is 9.18 Å². The van der Waals surface area contributed by atoms with Crippen molar-refractivity contribution in [2.75, 3.05) is 12.4 Å². The molecule has 0 bridgehead atoms. The van der Waals surface area contributed by atoms with E-state index in [-0.39, 0.29) is 18.4 Å². The molecule has 3 aromatic carbocycles. The quantitative estimate of drug-likeness (QED) is 0.284. The molecule has 0 saturated heterocycles. The fraction of sp³-hybridized carbons (Fsp3) is 0.160. The Morgan fingerprint density at radius 3 is 2.54 bits per heavy atom. The van der Waals surface area contributed by atoms with Gasteiger partial charge in [-0.2, -0.15) is 0 Å². The maximum Gasteiger partial charge on any atom is 0.319 e. The number of aryl methyl sites for hydroxylation is 1. The lowest BCUT2D eigenvalue weighted by molar-refractivity contribution is 0.251. The molecule has 2 N–H and O–H groups in total. The van der Waals surface area contributed by atoms with Gasteiger partial charge in [0, 0.05) is 16.5 Å². The molecule has 0 aliphatic carbocycles. The average Bonchev–Trinajstić information content (AvgIpc) is 3.27. The van der Waals surface area contributed by atoms with Crippen LogP contribution in [0.3, 0.4) is 0 Å². The Balaban J connectivity index is 1.53. The first-order valence-corrected chi connectivity index (χ1v) is 12.1. The number of amides is 2. The Morgan fingerprint density at radius 2 is 1.83 bits per heavy atom. The standard InChI is InChI=1S/C25H23ClFN5O2S/c1-16-3-6-18(26)13-22(16)32-23(14-28-24(33)29-20-9-11-21(34-2)12-10-20)30-31-25(32)35-15-17-4-7-19(27)8-5-17/h3-13H,14-15H2,1-2H3,(H2,28,29,33). The molecule has 1 aromatic heterocycles. The van der Waals surface area contributed by atoms with E-state index in [1.54, 1.807) is 43.5 Å². The summed E-state index contributed by atoms with van der Waals surface area (Å²) in [5.74, 6) is 1.54. The fourth-order valence-electron chi connectivity index (χ4n) is 3.31. The van der Waals surface area contributed by atoms with Crippen LogP contribution < -0.4 is 15.4 Å². The zero-order valence-electron chi connectivity index (χ0n) is 19.1. The Labute approximate surface area is 211 Å². The highest BCUT2D eigenvalue weighted by Crippen LogP contribution is 2.28. The summed E-state index contributed by atoms with van der Waals surface area (Å²) in [6.07, 6.45) is 0. The number of carbonyl (C=O) groups is 1. The fourth-order valence-corrected chi connectivity index (χ4v) is 4.40. The summed E-state index contributed by atoms with van der Waals surface area (Å²) in [4.78, 5) is 12.5. The molecular formula is C25H23ClFN5O2S. The lowest BCUT2D eigenvalue weighted by Crippen LogP contribution is -2.29. The lowest BCUT2D eigenvalue weighted by Gasteiger charge is -2.14. The van der Waals surface area contributed by atoms with E-state index in [0.717, 1.165) is 16.8 Å². The summed E-state index contributed by atoms with van der Waals surface area (Å²) in [7, 11) is 1.58. The summed E-state index contributed by atoms with van der Waals surface area (Å²) in [5, 5.41) is 15.5. The smallest absolute Gasteiger partial charge is 0.319 e. The third kappa shape index (κ3) is 6.32. The second-order valence-electron chi connectivity index (χ2n) is 7.62. The number of hydrogen-bond donors (Lipinski definition) is 2. The second-order valence-corrected chi connectivity index (χ2v) is 9.00. The first-order chi connectivity index (χ1) is 16.9. The van der Waals surface area contributed by atoms with Crippen molar-refractivity contribution in [2.24, 2.45) is 0 Å². The predicted molar refractivity (Wildman–Crippen MR) is 136 cm³/mol. The van der Waals surface area contributed by atoms with Gasteiger partial charge in [-0.3, -0.25) is 4.57 Å². The number of thioether (sulfide) groups is 1. The molecule has 0 atom stereocenters. The van der Waals surface area contributed by atoms with Crippen LogP contribution in [0.2, 0.25) is 5.02 Å². The number of nitrogens with one attached hydrogen (secondary N) is 2. The predicted octanol–water partition coefficient (Wildman–Crippen LogP) is 5.99. The van der Waals surface area contributed by atoms with E-state index in [4.69, 9.17) is 16.3 Å². The van der Waals surface area contributed by atoms with Gasteiger partial charge in [-0.25, -0.2) is 9.18 Å². The molecule has 2 amide bonds. The van der Waals surface area contributed by atoms with Gasteiger partial charge in [0.15, 0.2) is 11.0 Å². The molecule has 4 aromatic rings. The molecular weight excluding hydrogens is 489 g/mol. The van der Waals surface area contributed by atoms with Crippen molar-refractivity contribution in [3.8, 4) is 11.4 Å². The molecule has 10 heteroatoms. The molecule has 0 radical (unpaired) electrons. The monoisotopic (exact) mass is 511 g/mol. The number of ether oxygens (including phenoxy) is 1. The number of rotatable bonds is 8. The first kappa shape index (κ1) is 24.6. The van der Waals surface area contributed by atoms with Gasteiger partial charge in [0.05, 0.1) is 19.3 Å². The Bertz CT molecular complexity index is 1310. The number of carbonyl (C=O) groups excluding carboxylic acids is 1. The number of aromatic nitrogens is 3. The molecule has 1 heterocycles. The van der Waals surface area contributed by atoms with E-state index in [2.05, 4.69) is 20.8 Å². The van der Waals surface area contributed by atoms with Crippen molar-refractivity contribution in [2.45, 2.75) is 24.4 Å². The number of halogens is 2. The lowest BCUT2D eigenvalue weighted by atomic mass is 10.2. The van der Waals surface area contributed by atoms with Crippen molar-refractivity contribution >= 4 is 35.1 Å². The van der Waals surface area contributed by atoms with Crippen LogP contribution in [0.4, 0.5) is 14.9 Å². The number of anilines is 1. The summed E-state index contributed by atoms with van der Waals surface area (Å²) >= 11 is 7.74. The SMILES string of the molecule is COc1ccc(NC(=O)NCc2nnc(SCc3ccc(F)cc3)n2-c2cc(Cl)ccc2C)cc1. The Kier molecular flexibility index (Phi) is 7.89. The van der Waals surface area contributed by atoms with Gasteiger partial charge < -0.3 is 15.4 Å². The summed E-state index contributed by atoms with van der Waals surface area (Å²) in [6, 6.07) is 18.5.